The number of nitrogens with zero attached hydrogens (tertiary/aromatic N) is 2. The summed E-state index contributed by atoms with van der Waals surface area (Å²) < 4.78 is 4.98. The number of ether oxygens (including phenoxy) is 1. The minimum Gasteiger partial charge on any atom is -0.465 e. The van der Waals surface area contributed by atoms with Crippen LogP contribution in [0.3, 0.4) is 0 Å². The molecule has 0 atom stereocenters. The Kier molecular flexibility index (Phi) is 6.02. The molecule has 0 N–H and O–H groups in total. The highest BCUT2D eigenvalue weighted by atomic mass is 16.5. The zero-order chi connectivity index (χ0) is 14.2. The van der Waals surface area contributed by atoms with Crippen molar-refractivity contribution in [1.29, 1.82) is 0 Å². The molecule has 1 heterocycles. The van der Waals surface area contributed by atoms with Gasteiger partial charge in [0.15, 0.2) is 0 Å². The van der Waals surface area contributed by atoms with E-state index in [1.54, 1.807) is 0 Å². The first kappa shape index (κ1) is 15.0. The third-order valence-electron chi connectivity index (χ3n) is 3.68. The van der Waals surface area contributed by atoms with Gasteiger partial charge in [0.05, 0.1) is 13.2 Å². The molecule has 1 fully saturated rings. The van der Waals surface area contributed by atoms with E-state index >= 15 is 0 Å². The standard InChI is InChI=1S/C16H24N2O2/c1-2-20-16(19)14-18-12-10-17(11-13-18)9-8-15-6-4-3-5-7-15/h3-7H,2,8-14H2,1H3. The molecule has 1 aliphatic heterocycles. The maximum absolute atomic E-state index is 11.4. The van der Waals surface area contributed by atoms with Crippen LogP contribution in [-0.4, -0.2) is 61.6 Å². The second-order valence-corrected chi connectivity index (χ2v) is 5.16. The Morgan fingerprint density at radius 3 is 2.40 bits per heavy atom. The normalized spacial score (nSPS) is 17.1. The van der Waals surface area contributed by atoms with Gasteiger partial charge in [0.1, 0.15) is 0 Å². The molecule has 20 heavy (non-hydrogen) atoms. The lowest BCUT2D eigenvalue weighted by Crippen LogP contribution is -2.48. The van der Waals surface area contributed by atoms with E-state index in [1.165, 1.54) is 5.56 Å². The van der Waals surface area contributed by atoms with Gasteiger partial charge in [-0.05, 0) is 18.9 Å². The van der Waals surface area contributed by atoms with Gasteiger partial charge >= 0.3 is 5.97 Å². The van der Waals surface area contributed by atoms with Crippen LogP contribution in [0.4, 0.5) is 0 Å². The second kappa shape index (κ2) is 8.02. The molecule has 1 aromatic carbocycles. The summed E-state index contributed by atoms with van der Waals surface area (Å²) in [6.07, 6.45) is 1.10. The molecule has 4 heteroatoms. The summed E-state index contributed by atoms with van der Waals surface area (Å²) in [5.74, 6) is -0.106. The number of rotatable bonds is 6. The maximum atomic E-state index is 11.4. The van der Waals surface area contributed by atoms with Crippen molar-refractivity contribution in [2.45, 2.75) is 13.3 Å². The first-order valence-corrected chi connectivity index (χ1v) is 7.42. The predicted octanol–water partition coefficient (Wildman–Crippen LogP) is 1.41. The van der Waals surface area contributed by atoms with Crippen molar-refractivity contribution in [2.75, 3.05) is 45.9 Å². The first-order chi connectivity index (χ1) is 9.78. The smallest absolute Gasteiger partial charge is 0.320 e. The van der Waals surface area contributed by atoms with Crippen molar-refractivity contribution in [3.63, 3.8) is 0 Å². The van der Waals surface area contributed by atoms with E-state index in [9.17, 15) is 4.79 Å². The van der Waals surface area contributed by atoms with Gasteiger partial charge < -0.3 is 9.64 Å². The number of benzene rings is 1. The lowest BCUT2D eigenvalue weighted by molar-refractivity contribution is -0.144. The fourth-order valence-corrected chi connectivity index (χ4v) is 2.49. The van der Waals surface area contributed by atoms with Crippen LogP contribution >= 0.6 is 0 Å². The summed E-state index contributed by atoms with van der Waals surface area (Å²) in [4.78, 5) is 16.1. The van der Waals surface area contributed by atoms with Crippen molar-refractivity contribution in [2.24, 2.45) is 0 Å². The van der Waals surface area contributed by atoms with Gasteiger partial charge in [0.25, 0.3) is 0 Å². The minimum atomic E-state index is -0.106. The molecule has 0 aromatic heterocycles. The van der Waals surface area contributed by atoms with Crippen LogP contribution in [0.2, 0.25) is 0 Å². The summed E-state index contributed by atoms with van der Waals surface area (Å²) >= 11 is 0. The molecule has 2 rings (SSSR count). The molecule has 1 aliphatic rings. The fourth-order valence-electron chi connectivity index (χ4n) is 2.49. The van der Waals surface area contributed by atoms with Gasteiger partial charge in [-0.1, -0.05) is 30.3 Å². The average molecular weight is 276 g/mol. The predicted molar refractivity (Wildman–Crippen MR) is 79.7 cm³/mol. The highest BCUT2D eigenvalue weighted by Crippen LogP contribution is 2.05. The van der Waals surface area contributed by atoms with Crippen molar-refractivity contribution in [3.8, 4) is 0 Å². The molecule has 4 nitrogen and oxygen atoms in total. The molecular weight excluding hydrogens is 252 g/mol. The largest absolute Gasteiger partial charge is 0.465 e. The number of hydrogen-bond donors (Lipinski definition) is 0. The van der Waals surface area contributed by atoms with Gasteiger partial charge in [-0.15, -0.1) is 0 Å². The lowest BCUT2D eigenvalue weighted by Gasteiger charge is -2.34. The monoisotopic (exact) mass is 276 g/mol. The van der Waals surface area contributed by atoms with Crippen molar-refractivity contribution < 1.29 is 9.53 Å². The zero-order valence-electron chi connectivity index (χ0n) is 12.3. The molecule has 0 bridgehead atoms. The lowest BCUT2D eigenvalue weighted by atomic mass is 10.1. The van der Waals surface area contributed by atoms with Gasteiger partial charge in [-0.25, -0.2) is 0 Å². The van der Waals surface area contributed by atoms with Gasteiger partial charge in [-0.2, -0.15) is 0 Å². The van der Waals surface area contributed by atoms with Crippen molar-refractivity contribution in [1.82, 2.24) is 9.80 Å². The minimum absolute atomic E-state index is 0.106. The van der Waals surface area contributed by atoms with E-state index in [0.29, 0.717) is 13.2 Å². The molecule has 0 saturated carbocycles. The highest BCUT2D eigenvalue weighted by molar-refractivity contribution is 5.71. The quantitative estimate of drug-likeness (QED) is 0.736. The van der Waals surface area contributed by atoms with Crippen molar-refractivity contribution in [3.05, 3.63) is 35.9 Å². The van der Waals surface area contributed by atoms with Crippen LogP contribution in [0.25, 0.3) is 0 Å². The van der Waals surface area contributed by atoms with Gasteiger partial charge in [-0.3, -0.25) is 9.69 Å². The Labute approximate surface area is 121 Å². The van der Waals surface area contributed by atoms with E-state index < -0.39 is 0 Å². The Bertz CT molecular complexity index is 400. The first-order valence-electron chi connectivity index (χ1n) is 7.42. The molecule has 0 spiro atoms. The highest BCUT2D eigenvalue weighted by Gasteiger charge is 2.18. The molecule has 0 radical (unpaired) electrons. The number of hydrogen-bond acceptors (Lipinski definition) is 4. The van der Waals surface area contributed by atoms with E-state index in [4.69, 9.17) is 4.74 Å². The zero-order valence-corrected chi connectivity index (χ0v) is 12.3. The average Bonchev–Trinajstić information content (AvgIpc) is 2.48. The number of carbonyl (C=O) groups is 1. The SMILES string of the molecule is CCOC(=O)CN1CCN(CCc2ccccc2)CC1. The van der Waals surface area contributed by atoms with Gasteiger partial charge in [0.2, 0.25) is 0 Å². The van der Waals surface area contributed by atoms with Gasteiger partial charge in [0, 0.05) is 32.7 Å². The Morgan fingerprint density at radius 1 is 1.10 bits per heavy atom. The van der Waals surface area contributed by atoms with Crippen LogP contribution in [0.5, 0.6) is 0 Å². The Balaban J connectivity index is 1.65. The Hall–Kier alpha value is -1.39. The van der Waals surface area contributed by atoms with Crippen LogP contribution in [0.15, 0.2) is 30.3 Å². The molecule has 1 saturated heterocycles. The third-order valence-corrected chi connectivity index (χ3v) is 3.68. The molecular formula is C16H24N2O2. The van der Waals surface area contributed by atoms with Crippen LogP contribution in [-0.2, 0) is 16.0 Å². The molecule has 0 aliphatic carbocycles. The molecule has 110 valence electrons. The number of esters is 1. The summed E-state index contributed by atoms with van der Waals surface area (Å²) in [6, 6.07) is 10.6. The third kappa shape index (κ3) is 4.94. The summed E-state index contributed by atoms with van der Waals surface area (Å²) in [5, 5.41) is 0. The van der Waals surface area contributed by atoms with Crippen LogP contribution in [0, 0.1) is 0 Å². The summed E-state index contributed by atoms with van der Waals surface area (Å²) in [6.45, 7) is 7.81. The number of piperazine rings is 1. The second-order valence-electron chi connectivity index (χ2n) is 5.16. The maximum Gasteiger partial charge on any atom is 0.320 e. The molecule has 0 unspecified atom stereocenters. The fraction of sp³-hybridized carbons (Fsp3) is 0.562. The summed E-state index contributed by atoms with van der Waals surface area (Å²) in [7, 11) is 0. The Morgan fingerprint density at radius 2 is 1.75 bits per heavy atom. The molecule has 1 aromatic rings. The van der Waals surface area contributed by atoms with Crippen LogP contribution in [0.1, 0.15) is 12.5 Å². The molecule has 0 amide bonds. The van der Waals surface area contributed by atoms with Crippen LogP contribution < -0.4 is 0 Å². The summed E-state index contributed by atoms with van der Waals surface area (Å²) in [5.41, 5.74) is 1.39. The van der Waals surface area contributed by atoms with E-state index in [2.05, 4.69) is 40.1 Å². The van der Waals surface area contributed by atoms with E-state index in [1.807, 2.05) is 6.92 Å². The number of carbonyl (C=O) groups excluding carboxylic acids is 1. The topological polar surface area (TPSA) is 32.8 Å². The van der Waals surface area contributed by atoms with Crippen molar-refractivity contribution >= 4 is 5.97 Å². The van der Waals surface area contributed by atoms with E-state index in [0.717, 1.165) is 39.1 Å². The van der Waals surface area contributed by atoms with E-state index in [-0.39, 0.29) is 5.97 Å².